The minimum atomic E-state index is -3.35. The van der Waals surface area contributed by atoms with Gasteiger partial charge in [-0.15, -0.1) is 0 Å². The Morgan fingerprint density at radius 3 is 2.48 bits per heavy atom. The Labute approximate surface area is 126 Å². The van der Waals surface area contributed by atoms with Crippen molar-refractivity contribution < 1.29 is 13.6 Å². The fourth-order valence-electron chi connectivity index (χ4n) is 2.90. The molecule has 0 aromatic carbocycles. The van der Waals surface area contributed by atoms with E-state index in [1.807, 2.05) is 4.90 Å². The Morgan fingerprint density at radius 1 is 1.24 bits per heavy atom. The Bertz CT molecular complexity index is 473. The molecule has 0 radical (unpaired) electrons. The van der Waals surface area contributed by atoms with Crippen LogP contribution >= 0.6 is 0 Å². The summed E-state index contributed by atoms with van der Waals surface area (Å²) < 4.78 is 28.4. The smallest absolute Gasteiger partial charge is 0.282 e. The molecule has 1 unspecified atom stereocenters. The Morgan fingerprint density at radius 2 is 1.90 bits per heavy atom. The standard InChI is InChI=1S/C12H25N5O3S/c1-11-3-2-4-17(9-11)21(19,20)16-7-5-15(6-8-16)10-12(13)14-18/h11,18H,2-10H2,1H3,(H2,13,14). The van der Waals surface area contributed by atoms with Gasteiger partial charge in [-0.1, -0.05) is 12.1 Å². The summed E-state index contributed by atoms with van der Waals surface area (Å²) in [7, 11) is -3.35. The van der Waals surface area contributed by atoms with Crippen molar-refractivity contribution in [2.24, 2.45) is 16.8 Å². The first-order valence-corrected chi connectivity index (χ1v) is 8.77. The first-order valence-electron chi connectivity index (χ1n) is 7.37. The van der Waals surface area contributed by atoms with Crippen molar-refractivity contribution in [1.29, 1.82) is 0 Å². The van der Waals surface area contributed by atoms with E-state index in [1.54, 1.807) is 8.61 Å². The van der Waals surface area contributed by atoms with Crippen molar-refractivity contribution in [3.63, 3.8) is 0 Å². The van der Waals surface area contributed by atoms with E-state index in [9.17, 15) is 8.42 Å². The van der Waals surface area contributed by atoms with Gasteiger partial charge in [0.15, 0.2) is 5.84 Å². The summed E-state index contributed by atoms with van der Waals surface area (Å²) in [4.78, 5) is 1.99. The Hall–Kier alpha value is -0.900. The minimum Gasteiger partial charge on any atom is -0.409 e. The molecule has 9 heteroatoms. The zero-order chi connectivity index (χ0) is 15.5. The molecule has 1 atom stereocenters. The molecule has 2 heterocycles. The van der Waals surface area contributed by atoms with Crippen molar-refractivity contribution in [3.05, 3.63) is 0 Å². The molecule has 122 valence electrons. The molecule has 8 nitrogen and oxygen atoms in total. The maximum Gasteiger partial charge on any atom is 0.282 e. The monoisotopic (exact) mass is 319 g/mol. The topological polar surface area (TPSA) is 102 Å². The summed E-state index contributed by atoms with van der Waals surface area (Å²) in [5, 5.41) is 11.5. The number of hydrogen-bond donors (Lipinski definition) is 2. The number of piperidine rings is 1. The summed E-state index contributed by atoms with van der Waals surface area (Å²) in [6, 6.07) is 0. The van der Waals surface area contributed by atoms with E-state index in [-0.39, 0.29) is 5.84 Å². The maximum absolute atomic E-state index is 12.6. The van der Waals surface area contributed by atoms with Crippen molar-refractivity contribution >= 4 is 16.0 Å². The van der Waals surface area contributed by atoms with Crippen LogP contribution in [0.25, 0.3) is 0 Å². The van der Waals surface area contributed by atoms with Gasteiger partial charge >= 0.3 is 0 Å². The van der Waals surface area contributed by atoms with Gasteiger partial charge in [0.2, 0.25) is 0 Å². The summed E-state index contributed by atoms with van der Waals surface area (Å²) in [6.45, 7) is 5.79. The maximum atomic E-state index is 12.6. The lowest BCUT2D eigenvalue weighted by atomic mass is 10.0. The molecule has 0 amide bonds. The molecular weight excluding hydrogens is 294 g/mol. The highest BCUT2D eigenvalue weighted by molar-refractivity contribution is 7.86. The van der Waals surface area contributed by atoms with Crippen LogP contribution in [0.5, 0.6) is 0 Å². The fraction of sp³-hybridized carbons (Fsp3) is 0.917. The van der Waals surface area contributed by atoms with Gasteiger partial charge in [0.05, 0.1) is 6.54 Å². The molecule has 2 rings (SSSR count). The largest absolute Gasteiger partial charge is 0.409 e. The SMILES string of the molecule is CC1CCCN(S(=O)(=O)N2CCN(CC(N)=NO)CC2)C1. The molecule has 0 bridgehead atoms. The number of amidine groups is 1. The van der Waals surface area contributed by atoms with E-state index in [4.69, 9.17) is 10.9 Å². The molecular formula is C12H25N5O3S. The predicted octanol–water partition coefficient (Wildman–Crippen LogP) is -0.673. The van der Waals surface area contributed by atoms with Gasteiger partial charge in [0.1, 0.15) is 0 Å². The Kier molecular flexibility index (Phi) is 5.42. The van der Waals surface area contributed by atoms with Gasteiger partial charge in [-0.3, -0.25) is 4.90 Å². The zero-order valence-electron chi connectivity index (χ0n) is 12.5. The lowest BCUT2D eigenvalue weighted by Gasteiger charge is -2.38. The molecule has 0 aliphatic carbocycles. The zero-order valence-corrected chi connectivity index (χ0v) is 13.3. The summed E-state index contributed by atoms with van der Waals surface area (Å²) in [5.74, 6) is 0.576. The summed E-state index contributed by atoms with van der Waals surface area (Å²) >= 11 is 0. The van der Waals surface area contributed by atoms with Crippen molar-refractivity contribution in [1.82, 2.24) is 13.5 Å². The number of oxime groups is 1. The van der Waals surface area contributed by atoms with E-state index in [0.29, 0.717) is 51.7 Å². The van der Waals surface area contributed by atoms with Gasteiger partial charge < -0.3 is 10.9 Å². The predicted molar refractivity (Wildman–Crippen MR) is 80.3 cm³/mol. The molecule has 21 heavy (non-hydrogen) atoms. The third-order valence-corrected chi connectivity index (χ3v) is 6.12. The van der Waals surface area contributed by atoms with Crippen LogP contribution in [0.15, 0.2) is 5.16 Å². The third kappa shape index (κ3) is 4.06. The summed E-state index contributed by atoms with van der Waals surface area (Å²) in [5.41, 5.74) is 5.47. The van der Waals surface area contributed by atoms with E-state index >= 15 is 0 Å². The second kappa shape index (κ2) is 6.91. The second-order valence-corrected chi connectivity index (χ2v) is 7.81. The first kappa shape index (κ1) is 16.5. The van der Waals surface area contributed by atoms with Gasteiger partial charge in [-0.25, -0.2) is 0 Å². The molecule has 2 aliphatic rings. The van der Waals surface area contributed by atoms with Crippen molar-refractivity contribution in [3.8, 4) is 0 Å². The fourth-order valence-corrected chi connectivity index (χ4v) is 4.65. The van der Waals surface area contributed by atoms with Crippen LogP contribution < -0.4 is 5.73 Å². The van der Waals surface area contributed by atoms with Crippen LogP contribution in [0, 0.1) is 5.92 Å². The average molecular weight is 319 g/mol. The molecule has 0 spiro atoms. The molecule has 0 saturated carbocycles. The van der Waals surface area contributed by atoms with Crippen LogP contribution in [0.2, 0.25) is 0 Å². The lowest BCUT2D eigenvalue weighted by Crippen LogP contribution is -2.55. The Balaban J connectivity index is 1.91. The van der Waals surface area contributed by atoms with Gasteiger partial charge in [0.25, 0.3) is 10.2 Å². The molecule has 2 fully saturated rings. The van der Waals surface area contributed by atoms with E-state index in [0.717, 1.165) is 12.8 Å². The second-order valence-electron chi connectivity index (χ2n) is 5.88. The third-order valence-electron chi connectivity index (χ3n) is 4.12. The number of nitrogens with two attached hydrogens (primary N) is 1. The van der Waals surface area contributed by atoms with Crippen LogP contribution in [-0.4, -0.2) is 78.8 Å². The van der Waals surface area contributed by atoms with Gasteiger partial charge in [-0.2, -0.15) is 17.0 Å². The highest BCUT2D eigenvalue weighted by Gasteiger charge is 2.34. The van der Waals surface area contributed by atoms with E-state index in [1.165, 1.54) is 0 Å². The summed E-state index contributed by atoms with van der Waals surface area (Å²) in [6.07, 6.45) is 2.03. The first-order chi connectivity index (χ1) is 9.93. The van der Waals surface area contributed by atoms with Crippen LogP contribution in [-0.2, 0) is 10.2 Å². The van der Waals surface area contributed by atoms with Crippen LogP contribution in [0.3, 0.4) is 0 Å². The van der Waals surface area contributed by atoms with Gasteiger partial charge in [0, 0.05) is 39.3 Å². The molecule has 0 aromatic rings. The molecule has 2 aliphatic heterocycles. The van der Waals surface area contributed by atoms with Crippen molar-refractivity contribution in [2.45, 2.75) is 19.8 Å². The average Bonchev–Trinajstić information content (AvgIpc) is 2.47. The number of nitrogens with zero attached hydrogens (tertiary/aromatic N) is 4. The number of piperazine rings is 1. The molecule has 2 saturated heterocycles. The van der Waals surface area contributed by atoms with E-state index in [2.05, 4.69) is 12.1 Å². The quantitative estimate of drug-likeness (QED) is 0.309. The van der Waals surface area contributed by atoms with Crippen LogP contribution in [0.4, 0.5) is 0 Å². The normalized spacial score (nSPS) is 27.9. The number of hydrogen-bond acceptors (Lipinski definition) is 5. The molecule has 3 N–H and O–H groups in total. The number of rotatable bonds is 4. The van der Waals surface area contributed by atoms with Crippen LogP contribution in [0.1, 0.15) is 19.8 Å². The minimum absolute atomic E-state index is 0.149. The highest BCUT2D eigenvalue weighted by Crippen LogP contribution is 2.21. The van der Waals surface area contributed by atoms with Gasteiger partial charge in [-0.05, 0) is 18.8 Å². The highest BCUT2D eigenvalue weighted by atomic mass is 32.2. The molecule has 0 aromatic heterocycles. The van der Waals surface area contributed by atoms with Crippen molar-refractivity contribution in [2.75, 3.05) is 45.8 Å². The lowest BCUT2D eigenvalue weighted by molar-refractivity contribution is 0.189. The van der Waals surface area contributed by atoms with E-state index < -0.39 is 10.2 Å².